The van der Waals surface area contributed by atoms with E-state index < -0.39 is 9.84 Å². The summed E-state index contributed by atoms with van der Waals surface area (Å²) >= 11 is 0. The molecule has 0 fully saturated rings. The zero-order chi connectivity index (χ0) is 13.1. The predicted octanol–water partition coefficient (Wildman–Crippen LogP) is 1.17. The van der Waals surface area contributed by atoms with Gasteiger partial charge < -0.3 is 9.88 Å². The van der Waals surface area contributed by atoms with Crippen LogP contribution >= 0.6 is 0 Å². The van der Waals surface area contributed by atoms with Gasteiger partial charge in [-0.3, -0.25) is 0 Å². The molecule has 0 saturated heterocycles. The Bertz CT molecular complexity index is 475. The summed E-state index contributed by atoms with van der Waals surface area (Å²) in [5, 5.41) is 3.18. The summed E-state index contributed by atoms with van der Waals surface area (Å²) in [6.45, 7) is 7.07. The van der Waals surface area contributed by atoms with Crippen LogP contribution in [0.25, 0.3) is 0 Å². The maximum absolute atomic E-state index is 11.3. The molecule has 98 valence electrons. The summed E-state index contributed by atoms with van der Waals surface area (Å²) in [4.78, 5) is 0. The minimum absolute atomic E-state index is 0.217. The molecule has 0 atom stereocenters. The molecule has 1 N–H and O–H groups in total. The molecule has 0 aliphatic carbocycles. The topological polar surface area (TPSA) is 51.1 Å². The standard InChI is InChI=1S/C12H22N2O2S/c1-5-17(15,16)7-6-13-9-12-8-10(2)14(4)11(12)3/h8,13H,5-7,9H2,1-4H3. The number of aryl methyl sites for hydroxylation is 1. The van der Waals surface area contributed by atoms with Crippen molar-refractivity contribution in [3.8, 4) is 0 Å². The van der Waals surface area contributed by atoms with Crippen molar-refractivity contribution in [1.82, 2.24) is 9.88 Å². The molecule has 0 amide bonds. The van der Waals surface area contributed by atoms with E-state index in [9.17, 15) is 8.42 Å². The van der Waals surface area contributed by atoms with Gasteiger partial charge in [-0.25, -0.2) is 8.42 Å². The molecule has 0 saturated carbocycles. The van der Waals surface area contributed by atoms with Crippen LogP contribution in [-0.4, -0.2) is 31.0 Å². The van der Waals surface area contributed by atoms with Crippen LogP contribution in [0.3, 0.4) is 0 Å². The SMILES string of the molecule is CCS(=O)(=O)CCNCc1cc(C)n(C)c1C. The van der Waals surface area contributed by atoms with Gasteiger partial charge in [0.15, 0.2) is 9.84 Å². The normalized spacial score (nSPS) is 12.0. The molecule has 0 aliphatic rings. The van der Waals surface area contributed by atoms with Gasteiger partial charge in [0, 0.05) is 37.3 Å². The third-order valence-electron chi connectivity index (χ3n) is 3.23. The van der Waals surface area contributed by atoms with E-state index in [1.807, 2.05) is 7.05 Å². The summed E-state index contributed by atoms with van der Waals surface area (Å²) in [5.41, 5.74) is 3.69. The second-order valence-electron chi connectivity index (χ2n) is 4.37. The highest BCUT2D eigenvalue weighted by atomic mass is 32.2. The van der Waals surface area contributed by atoms with Gasteiger partial charge in [0.1, 0.15) is 0 Å². The third-order valence-corrected chi connectivity index (χ3v) is 4.93. The minimum atomic E-state index is -2.85. The molecule has 17 heavy (non-hydrogen) atoms. The average Bonchev–Trinajstić information content (AvgIpc) is 2.52. The molecular formula is C12H22N2O2S. The Labute approximate surface area is 104 Å². The van der Waals surface area contributed by atoms with Gasteiger partial charge in [-0.05, 0) is 25.5 Å². The monoisotopic (exact) mass is 258 g/mol. The van der Waals surface area contributed by atoms with Crippen LogP contribution in [-0.2, 0) is 23.4 Å². The van der Waals surface area contributed by atoms with Crippen LogP contribution in [0.15, 0.2) is 6.07 Å². The molecule has 1 aromatic rings. The maximum atomic E-state index is 11.3. The molecule has 0 radical (unpaired) electrons. The largest absolute Gasteiger partial charge is 0.352 e. The number of aromatic nitrogens is 1. The second-order valence-corrected chi connectivity index (χ2v) is 6.84. The van der Waals surface area contributed by atoms with Crippen LogP contribution in [0.2, 0.25) is 0 Å². The van der Waals surface area contributed by atoms with E-state index in [0.29, 0.717) is 6.54 Å². The van der Waals surface area contributed by atoms with Gasteiger partial charge in [-0.1, -0.05) is 6.92 Å². The lowest BCUT2D eigenvalue weighted by Crippen LogP contribution is -2.23. The first kappa shape index (κ1) is 14.3. The van der Waals surface area contributed by atoms with Crippen molar-refractivity contribution in [2.45, 2.75) is 27.3 Å². The number of sulfone groups is 1. The van der Waals surface area contributed by atoms with Gasteiger partial charge >= 0.3 is 0 Å². The fraction of sp³-hybridized carbons (Fsp3) is 0.667. The average molecular weight is 258 g/mol. The fourth-order valence-electron chi connectivity index (χ4n) is 1.71. The number of rotatable bonds is 6. The van der Waals surface area contributed by atoms with E-state index in [1.165, 1.54) is 17.0 Å². The Kier molecular flexibility index (Phi) is 4.77. The molecule has 0 bridgehead atoms. The van der Waals surface area contributed by atoms with Gasteiger partial charge in [-0.15, -0.1) is 0 Å². The van der Waals surface area contributed by atoms with Crippen LogP contribution < -0.4 is 5.32 Å². The molecule has 1 rings (SSSR count). The maximum Gasteiger partial charge on any atom is 0.151 e. The summed E-state index contributed by atoms with van der Waals surface area (Å²) in [7, 11) is -0.817. The minimum Gasteiger partial charge on any atom is -0.352 e. The number of hydrogen-bond donors (Lipinski definition) is 1. The molecule has 5 heteroatoms. The lowest BCUT2D eigenvalue weighted by atomic mass is 10.2. The van der Waals surface area contributed by atoms with Crippen molar-refractivity contribution in [3.05, 3.63) is 23.0 Å². The van der Waals surface area contributed by atoms with Crippen LogP contribution in [0.4, 0.5) is 0 Å². The van der Waals surface area contributed by atoms with Gasteiger partial charge in [0.25, 0.3) is 0 Å². The number of nitrogens with zero attached hydrogens (tertiary/aromatic N) is 1. The van der Waals surface area contributed by atoms with Crippen LogP contribution in [0, 0.1) is 13.8 Å². The molecule has 0 spiro atoms. The summed E-state index contributed by atoms with van der Waals surface area (Å²) < 4.78 is 24.7. The molecule has 1 aromatic heterocycles. The smallest absolute Gasteiger partial charge is 0.151 e. The van der Waals surface area contributed by atoms with E-state index in [0.717, 1.165) is 6.54 Å². The van der Waals surface area contributed by atoms with Crippen molar-refractivity contribution in [3.63, 3.8) is 0 Å². The van der Waals surface area contributed by atoms with Crippen molar-refractivity contribution < 1.29 is 8.42 Å². The summed E-state index contributed by atoms with van der Waals surface area (Å²) in [5.74, 6) is 0.437. The first-order chi connectivity index (χ1) is 7.87. The van der Waals surface area contributed by atoms with Crippen molar-refractivity contribution in [2.24, 2.45) is 7.05 Å². The van der Waals surface area contributed by atoms with E-state index in [4.69, 9.17) is 0 Å². The molecular weight excluding hydrogens is 236 g/mol. The Morgan fingerprint density at radius 1 is 1.35 bits per heavy atom. The molecule has 4 nitrogen and oxygen atoms in total. The third kappa shape index (κ3) is 3.85. The highest BCUT2D eigenvalue weighted by Gasteiger charge is 2.08. The molecule has 0 aliphatic heterocycles. The summed E-state index contributed by atoms with van der Waals surface area (Å²) in [6.07, 6.45) is 0. The van der Waals surface area contributed by atoms with Crippen molar-refractivity contribution >= 4 is 9.84 Å². The quantitative estimate of drug-likeness (QED) is 0.779. The van der Waals surface area contributed by atoms with E-state index >= 15 is 0 Å². The first-order valence-corrected chi connectivity index (χ1v) is 7.72. The van der Waals surface area contributed by atoms with Crippen molar-refractivity contribution in [2.75, 3.05) is 18.1 Å². The lowest BCUT2D eigenvalue weighted by Gasteiger charge is -2.05. The molecule has 0 aromatic carbocycles. The Morgan fingerprint density at radius 2 is 2.00 bits per heavy atom. The highest BCUT2D eigenvalue weighted by Crippen LogP contribution is 2.12. The van der Waals surface area contributed by atoms with E-state index in [2.05, 4.69) is 29.8 Å². The zero-order valence-corrected chi connectivity index (χ0v) is 11.9. The Morgan fingerprint density at radius 3 is 2.47 bits per heavy atom. The molecule has 0 unspecified atom stereocenters. The van der Waals surface area contributed by atoms with Gasteiger partial charge in [0.2, 0.25) is 0 Å². The van der Waals surface area contributed by atoms with Gasteiger partial charge in [0.05, 0.1) is 5.75 Å². The fourth-order valence-corrected chi connectivity index (χ4v) is 2.45. The zero-order valence-electron chi connectivity index (χ0n) is 11.1. The Hall–Kier alpha value is -0.810. The highest BCUT2D eigenvalue weighted by molar-refractivity contribution is 7.91. The number of nitrogens with one attached hydrogen (secondary N) is 1. The molecule has 1 heterocycles. The van der Waals surface area contributed by atoms with Crippen LogP contribution in [0.5, 0.6) is 0 Å². The Balaban J connectivity index is 2.44. The lowest BCUT2D eigenvalue weighted by molar-refractivity contribution is 0.591. The second kappa shape index (κ2) is 5.69. The van der Waals surface area contributed by atoms with Gasteiger partial charge in [-0.2, -0.15) is 0 Å². The van der Waals surface area contributed by atoms with E-state index in [-0.39, 0.29) is 11.5 Å². The number of hydrogen-bond acceptors (Lipinski definition) is 3. The van der Waals surface area contributed by atoms with E-state index in [1.54, 1.807) is 6.92 Å². The predicted molar refractivity (Wildman–Crippen MR) is 70.9 cm³/mol. The summed E-state index contributed by atoms with van der Waals surface area (Å²) in [6, 6.07) is 2.14. The van der Waals surface area contributed by atoms with Crippen LogP contribution in [0.1, 0.15) is 23.9 Å². The van der Waals surface area contributed by atoms with Crippen molar-refractivity contribution in [1.29, 1.82) is 0 Å². The first-order valence-electron chi connectivity index (χ1n) is 5.90.